The van der Waals surface area contributed by atoms with Crippen molar-refractivity contribution in [2.75, 3.05) is 0 Å². The summed E-state index contributed by atoms with van der Waals surface area (Å²) in [5.41, 5.74) is 1.27. The van der Waals surface area contributed by atoms with Gasteiger partial charge in [0, 0.05) is 6.42 Å². The molecular weight excluding hydrogens is 130 g/mol. The summed E-state index contributed by atoms with van der Waals surface area (Å²) in [5, 5.41) is 3.15. The van der Waals surface area contributed by atoms with Gasteiger partial charge in [-0.1, -0.05) is 24.4 Å². The van der Waals surface area contributed by atoms with Crippen molar-refractivity contribution in [1.82, 2.24) is 5.32 Å². The van der Waals surface area contributed by atoms with Gasteiger partial charge in [-0.05, 0) is 13.8 Å². The van der Waals surface area contributed by atoms with E-state index >= 15 is 0 Å². The zero-order valence-corrected chi connectivity index (χ0v) is 6.64. The van der Waals surface area contributed by atoms with Crippen molar-refractivity contribution in [3.8, 4) is 0 Å². The van der Waals surface area contributed by atoms with Crippen molar-refractivity contribution in [3.63, 3.8) is 0 Å². The predicted molar refractivity (Wildman–Crippen MR) is 43.6 cm³/mol. The van der Waals surface area contributed by atoms with Crippen LogP contribution in [-0.2, 0) is 0 Å². The van der Waals surface area contributed by atoms with Crippen molar-refractivity contribution in [1.29, 1.82) is 0 Å². The Bertz CT molecular complexity index is 164. The smallest absolute Gasteiger partial charge is 0.0787 e. The van der Waals surface area contributed by atoms with Gasteiger partial charge in [0.05, 0.1) is 10.5 Å². The second kappa shape index (κ2) is 1.81. The minimum atomic E-state index is 0.108. The van der Waals surface area contributed by atoms with Crippen LogP contribution in [0.2, 0.25) is 0 Å². The van der Waals surface area contributed by atoms with Crippen LogP contribution in [0.5, 0.6) is 0 Å². The van der Waals surface area contributed by atoms with E-state index in [-0.39, 0.29) is 5.54 Å². The van der Waals surface area contributed by atoms with Crippen LogP contribution in [0.4, 0.5) is 0 Å². The lowest BCUT2D eigenvalue weighted by atomic mass is 9.84. The fraction of sp³-hybridized carbons (Fsp3) is 0.571. The van der Waals surface area contributed by atoms with E-state index in [1.165, 1.54) is 0 Å². The average molecular weight is 141 g/mol. The number of hydrogen-bond donors (Lipinski definition) is 1. The van der Waals surface area contributed by atoms with Crippen LogP contribution in [0.15, 0.2) is 12.2 Å². The monoisotopic (exact) mass is 141 g/mol. The number of nitrogens with one attached hydrogen (secondary N) is 1. The molecule has 0 aromatic heterocycles. The highest BCUT2D eigenvalue weighted by Gasteiger charge is 2.35. The molecule has 1 nitrogen and oxygen atoms in total. The normalized spacial score (nSPS) is 32.9. The summed E-state index contributed by atoms with van der Waals surface area (Å²) < 4.78 is 0. The Labute approximate surface area is 61.1 Å². The van der Waals surface area contributed by atoms with Crippen molar-refractivity contribution in [2.24, 2.45) is 0 Å². The molecule has 1 fully saturated rings. The van der Waals surface area contributed by atoms with E-state index < -0.39 is 0 Å². The van der Waals surface area contributed by atoms with Crippen LogP contribution >= 0.6 is 12.2 Å². The van der Waals surface area contributed by atoms with Crippen LogP contribution in [0.1, 0.15) is 20.3 Å². The number of rotatable bonds is 1. The molecule has 0 aromatic rings. The molecule has 0 aliphatic carbocycles. The minimum Gasteiger partial charge on any atom is -0.370 e. The summed E-state index contributed by atoms with van der Waals surface area (Å²) in [6.45, 7) is 8.00. The van der Waals surface area contributed by atoms with E-state index in [4.69, 9.17) is 12.2 Å². The van der Waals surface area contributed by atoms with E-state index in [0.717, 1.165) is 17.0 Å². The Morgan fingerprint density at radius 2 is 2.33 bits per heavy atom. The predicted octanol–water partition coefficient (Wildman–Crippen LogP) is 1.64. The summed E-state index contributed by atoms with van der Waals surface area (Å²) >= 11 is 4.90. The molecule has 2 heteroatoms. The molecule has 1 rings (SSSR count). The number of thiocarbonyl (C=S) groups is 1. The van der Waals surface area contributed by atoms with Crippen molar-refractivity contribution < 1.29 is 0 Å². The molecule has 1 aliphatic rings. The highest BCUT2D eigenvalue weighted by molar-refractivity contribution is 7.80. The van der Waals surface area contributed by atoms with Gasteiger partial charge in [-0.25, -0.2) is 0 Å². The third-order valence-electron chi connectivity index (χ3n) is 1.87. The van der Waals surface area contributed by atoms with Gasteiger partial charge in [-0.15, -0.1) is 0 Å². The van der Waals surface area contributed by atoms with Crippen LogP contribution in [-0.4, -0.2) is 10.5 Å². The Balaban J connectivity index is 2.60. The van der Waals surface area contributed by atoms with E-state index in [0.29, 0.717) is 0 Å². The van der Waals surface area contributed by atoms with Crippen LogP contribution < -0.4 is 5.32 Å². The zero-order chi connectivity index (χ0) is 7.07. The Kier molecular flexibility index (Phi) is 1.35. The van der Waals surface area contributed by atoms with Crippen LogP contribution in [0.3, 0.4) is 0 Å². The topological polar surface area (TPSA) is 12.0 Å². The van der Waals surface area contributed by atoms with Gasteiger partial charge in [0.15, 0.2) is 0 Å². The Morgan fingerprint density at radius 1 is 1.89 bits per heavy atom. The summed E-state index contributed by atoms with van der Waals surface area (Å²) in [7, 11) is 0. The first-order valence-corrected chi connectivity index (χ1v) is 3.42. The molecule has 1 unspecified atom stereocenters. The maximum Gasteiger partial charge on any atom is 0.0787 e. The molecule has 0 radical (unpaired) electrons. The van der Waals surface area contributed by atoms with E-state index in [2.05, 4.69) is 18.8 Å². The average Bonchev–Trinajstić information content (AvgIpc) is 1.62. The molecule has 1 saturated heterocycles. The van der Waals surface area contributed by atoms with E-state index in [1.807, 2.05) is 6.92 Å². The lowest BCUT2D eigenvalue weighted by Gasteiger charge is -2.42. The van der Waals surface area contributed by atoms with Crippen LogP contribution in [0, 0.1) is 0 Å². The highest BCUT2D eigenvalue weighted by Crippen LogP contribution is 2.26. The minimum absolute atomic E-state index is 0.108. The first-order chi connectivity index (χ1) is 4.04. The van der Waals surface area contributed by atoms with Crippen molar-refractivity contribution in [2.45, 2.75) is 25.8 Å². The first kappa shape index (κ1) is 6.75. The quantitative estimate of drug-likeness (QED) is 0.440. The van der Waals surface area contributed by atoms with Gasteiger partial charge in [-0.2, -0.15) is 0 Å². The maximum atomic E-state index is 4.90. The molecule has 0 amide bonds. The SMILES string of the molecule is C=C(C)C1(C)CC(=S)N1. The van der Waals surface area contributed by atoms with Gasteiger partial charge in [0.2, 0.25) is 0 Å². The Hall–Kier alpha value is -0.370. The fourth-order valence-electron chi connectivity index (χ4n) is 0.868. The van der Waals surface area contributed by atoms with Crippen LogP contribution in [0.25, 0.3) is 0 Å². The second-order valence-electron chi connectivity index (χ2n) is 2.84. The zero-order valence-electron chi connectivity index (χ0n) is 5.82. The summed E-state index contributed by atoms with van der Waals surface area (Å²) in [5.74, 6) is 0. The molecule has 1 atom stereocenters. The molecule has 50 valence electrons. The molecule has 0 saturated carbocycles. The molecular formula is C7H11NS. The fourth-order valence-corrected chi connectivity index (χ4v) is 1.38. The van der Waals surface area contributed by atoms with Crippen molar-refractivity contribution >= 4 is 17.2 Å². The first-order valence-electron chi connectivity index (χ1n) is 3.01. The molecule has 1 aliphatic heterocycles. The summed E-state index contributed by atoms with van der Waals surface area (Å²) in [4.78, 5) is 0.959. The third-order valence-corrected chi connectivity index (χ3v) is 2.12. The van der Waals surface area contributed by atoms with Gasteiger partial charge in [0.1, 0.15) is 0 Å². The standard InChI is InChI=1S/C7H11NS/c1-5(2)7(3)4-6(9)8-7/h1,4H2,2-3H3,(H,8,9). The molecule has 0 spiro atoms. The van der Waals surface area contributed by atoms with Gasteiger partial charge >= 0.3 is 0 Å². The van der Waals surface area contributed by atoms with Gasteiger partial charge in [-0.3, -0.25) is 0 Å². The summed E-state index contributed by atoms with van der Waals surface area (Å²) in [6, 6.07) is 0. The molecule has 9 heavy (non-hydrogen) atoms. The lowest BCUT2D eigenvalue weighted by molar-refractivity contribution is 0.443. The second-order valence-corrected chi connectivity index (χ2v) is 3.33. The van der Waals surface area contributed by atoms with E-state index in [1.54, 1.807) is 0 Å². The number of hydrogen-bond acceptors (Lipinski definition) is 1. The molecule has 0 bridgehead atoms. The van der Waals surface area contributed by atoms with Gasteiger partial charge in [0.25, 0.3) is 0 Å². The van der Waals surface area contributed by atoms with Gasteiger partial charge < -0.3 is 5.32 Å². The lowest BCUT2D eigenvalue weighted by Crippen LogP contribution is -2.58. The largest absolute Gasteiger partial charge is 0.370 e. The molecule has 1 heterocycles. The summed E-state index contributed by atoms with van der Waals surface area (Å²) in [6.07, 6.45) is 0.970. The third kappa shape index (κ3) is 0.990. The van der Waals surface area contributed by atoms with Crippen molar-refractivity contribution in [3.05, 3.63) is 12.2 Å². The molecule has 0 aromatic carbocycles. The van der Waals surface area contributed by atoms with E-state index in [9.17, 15) is 0 Å². The maximum absolute atomic E-state index is 4.90. The molecule has 1 N–H and O–H groups in total. The highest BCUT2D eigenvalue weighted by atomic mass is 32.1. The Morgan fingerprint density at radius 3 is 2.44 bits per heavy atom.